The van der Waals surface area contributed by atoms with Crippen LogP contribution in [0.1, 0.15) is 24.0 Å². The molecule has 0 atom stereocenters. The van der Waals surface area contributed by atoms with Crippen molar-refractivity contribution in [3.05, 3.63) is 89.4 Å². The Kier molecular flexibility index (Phi) is 9.08. The first kappa shape index (κ1) is 27.2. The zero-order valence-electron chi connectivity index (χ0n) is 19.8. The Bertz CT molecular complexity index is 1310. The van der Waals surface area contributed by atoms with Gasteiger partial charge in [-0.1, -0.05) is 30.4 Å². The number of pyridine rings is 1. The molecule has 8 nitrogen and oxygen atoms in total. The Balaban J connectivity index is 0.00000361. The van der Waals surface area contributed by atoms with E-state index in [1.54, 1.807) is 60.7 Å². The van der Waals surface area contributed by atoms with Crippen LogP contribution in [0.5, 0.6) is 5.75 Å². The number of para-hydroxylation sites is 1. The van der Waals surface area contributed by atoms with Crippen LogP contribution in [0.15, 0.2) is 78.0 Å². The zero-order valence-corrected chi connectivity index (χ0v) is 21.5. The number of hydrogen-bond donors (Lipinski definition) is 0. The molecule has 1 fully saturated rings. The highest BCUT2D eigenvalue weighted by molar-refractivity contribution is 7.93. The smallest absolute Gasteiger partial charge is 0.270 e. The third kappa shape index (κ3) is 6.23. The van der Waals surface area contributed by atoms with Gasteiger partial charge in [-0.15, -0.1) is 12.4 Å². The summed E-state index contributed by atoms with van der Waals surface area (Å²) in [5, 5.41) is 11.3. The Morgan fingerprint density at radius 3 is 2.31 bits per heavy atom. The van der Waals surface area contributed by atoms with E-state index in [0.29, 0.717) is 16.0 Å². The molecule has 0 saturated carbocycles. The lowest BCUT2D eigenvalue weighted by Gasteiger charge is -2.26. The number of hydrogen-bond acceptors (Lipinski definition) is 6. The Hall–Kier alpha value is -3.40. The van der Waals surface area contributed by atoms with Crippen LogP contribution >= 0.6 is 12.4 Å². The van der Waals surface area contributed by atoms with E-state index in [2.05, 4.69) is 0 Å². The quantitative estimate of drug-likeness (QED) is 0.326. The van der Waals surface area contributed by atoms with Crippen molar-refractivity contribution in [1.82, 2.24) is 4.90 Å². The Morgan fingerprint density at radius 2 is 1.67 bits per heavy atom. The molecule has 0 bridgehead atoms. The van der Waals surface area contributed by atoms with Crippen LogP contribution in [0.2, 0.25) is 0 Å². The van der Waals surface area contributed by atoms with E-state index < -0.39 is 15.9 Å². The van der Waals surface area contributed by atoms with E-state index in [1.165, 1.54) is 31.6 Å². The van der Waals surface area contributed by atoms with Crippen LogP contribution in [-0.2, 0) is 14.8 Å². The molecule has 1 saturated heterocycles. The number of nitrogens with zero attached hydrogens (tertiary/aromatic N) is 3. The molecule has 1 aliphatic heterocycles. The third-order valence-corrected chi connectivity index (χ3v) is 7.57. The maximum absolute atomic E-state index is 13.8. The molecule has 0 radical (unpaired) electrons. The van der Waals surface area contributed by atoms with Crippen LogP contribution in [-0.4, -0.2) is 46.0 Å². The number of carbonyl (C=O) groups excluding carboxylic acids is 1. The second kappa shape index (κ2) is 12.0. The average Bonchev–Trinajstić information content (AvgIpc) is 3.37. The van der Waals surface area contributed by atoms with Crippen LogP contribution < -0.4 is 13.8 Å². The summed E-state index contributed by atoms with van der Waals surface area (Å²) < 4.78 is 34.3. The maximum Gasteiger partial charge on any atom is 0.270 e. The Morgan fingerprint density at radius 1 is 1.03 bits per heavy atom. The van der Waals surface area contributed by atoms with Gasteiger partial charge >= 0.3 is 0 Å². The van der Waals surface area contributed by atoms with Gasteiger partial charge in [0, 0.05) is 12.1 Å². The largest absolute Gasteiger partial charge is 0.619 e. The number of benzene rings is 2. The molecule has 0 aliphatic carbocycles. The average molecular weight is 530 g/mol. The summed E-state index contributed by atoms with van der Waals surface area (Å²) in [6.07, 6.45) is 8.23. The lowest BCUT2D eigenvalue weighted by atomic mass is 10.1. The van der Waals surface area contributed by atoms with Gasteiger partial charge in [0.25, 0.3) is 15.9 Å². The summed E-state index contributed by atoms with van der Waals surface area (Å²) in [7, 11) is -2.71. The summed E-state index contributed by atoms with van der Waals surface area (Å²) in [4.78, 5) is 15.5. The van der Waals surface area contributed by atoms with Crippen molar-refractivity contribution in [3.8, 4) is 5.75 Å². The molecular weight excluding hydrogens is 502 g/mol. The number of rotatable bonds is 8. The summed E-state index contributed by atoms with van der Waals surface area (Å²) in [6, 6.07) is 16.1. The lowest BCUT2D eigenvalue weighted by molar-refractivity contribution is -0.605. The van der Waals surface area contributed by atoms with Gasteiger partial charge in [0.05, 0.1) is 24.2 Å². The third-order valence-electron chi connectivity index (χ3n) is 5.82. The summed E-state index contributed by atoms with van der Waals surface area (Å²) in [5.74, 6) is 0.000152. The Labute approximate surface area is 217 Å². The molecule has 10 heteroatoms. The van der Waals surface area contributed by atoms with E-state index >= 15 is 0 Å². The standard InChI is InChI=1S/C26H27N3O5S.ClH/c1-34-23-10-12-24(13-11-23)35(32,33)29(26(30)20-27-16-4-5-17-27)25-7-3-2-6-22(25)9-8-21-14-18-28(31)19-15-21;/h2-3,6-15,18-19H,4-5,16-17,20H2,1H3;1H/b9-8+;. The molecule has 1 aromatic heterocycles. The molecule has 36 heavy (non-hydrogen) atoms. The van der Waals surface area contributed by atoms with Crippen molar-refractivity contribution in [2.24, 2.45) is 0 Å². The highest BCUT2D eigenvalue weighted by Crippen LogP contribution is 2.30. The van der Waals surface area contributed by atoms with Crippen LogP contribution in [0.3, 0.4) is 0 Å². The van der Waals surface area contributed by atoms with Gasteiger partial charge in [-0.3, -0.25) is 9.69 Å². The van der Waals surface area contributed by atoms with E-state index in [4.69, 9.17) is 4.74 Å². The predicted molar refractivity (Wildman–Crippen MR) is 141 cm³/mol. The highest BCUT2D eigenvalue weighted by atomic mass is 35.5. The topological polar surface area (TPSA) is 93.9 Å². The number of ether oxygens (including phenoxy) is 1. The molecule has 1 aliphatic rings. The van der Waals surface area contributed by atoms with E-state index in [9.17, 15) is 18.4 Å². The predicted octanol–water partition coefficient (Wildman–Crippen LogP) is 3.74. The number of anilines is 1. The van der Waals surface area contributed by atoms with Gasteiger partial charge in [0.1, 0.15) is 5.75 Å². The fourth-order valence-corrected chi connectivity index (χ4v) is 5.42. The lowest BCUT2D eigenvalue weighted by Crippen LogP contribution is -2.43. The van der Waals surface area contributed by atoms with Crippen molar-refractivity contribution < 1.29 is 22.7 Å². The minimum Gasteiger partial charge on any atom is -0.619 e. The first-order valence-corrected chi connectivity index (χ1v) is 12.7. The SMILES string of the molecule is COc1ccc(S(=O)(=O)N(C(=O)CN2CCCC2)c2ccccc2/C=C/c2cc[n+]([O-])cc2)cc1.Cl. The highest BCUT2D eigenvalue weighted by Gasteiger charge is 2.33. The minimum absolute atomic E-state index is 0. The van der Waals surface area contributed by atoms with Gasteiger partial charge in [0.15, 0.2) is 12.4 Å². The van der Waals surface area contributed by atoms with E-state index in [-0.39, 0.29) is 29.5 Å². The van der Waals surface area contributed by atoms with Crippen molar-refractivity contribution in [2.75, 3.05) is 31.0 Å². The van der Waals surface area contributed by atoms with Crippen molar-refractivity contribution in [1.29, 1.82) is 0 Å². The van der Waals surface area contributed by atoms with Gasteiger partial charge < -0.3 is 9.94 Å². The molecule has 190 valence electrons. The molecule has 0 N–H and O–H groups in total. The number of sulfonamides is 1. The first-order valence-electron chi connectivity index (χ1n) is 11.3. The number of aromatic nitrogens is 1. The number of likely N-dealkylation sites (tertiary alicyclic amines) is 1. The van der Waals surface area contributed by atoms with Crippen LogP contribution in [0.4, 0.5) is 5.69 Å². The number of methoxy groups -OCH3 is 1. The van der Waals surface area contributed by atoms with Crippen molar-refractivity contribution in [3.63, 3.8) is 0 Å². The first-order chi connectivity index (χ1) is 16.9. The molecule has 0 unspecified atom stereocenters. The normalized spacial score (nSPS) is 13.9. The van der Waals surface area contributed by atoms with E-state index in [1.807, 2.05) is 4.90 Å². The number of amides is 1. The molecule has 2 aromatic carbocycles. The molecular formula is C26H28ClN3O5S. The van der Waals surface area contributed by atoms with Gasteiger partial charge in [-0.25, -0.2) is 12.7 Å². The van der Waals surface area contributed by atoms with Gasteiger partial charge in [0.2, 0.25) is 0 Å². The number of carbonyl (C=O) groups is 1. The molecule has 3 aromatic rings. The van der Waals surface area contributed by atoms with Crippen molar-refractivity contribution in [2.45, 2.75) is 17.7 Å². The summed E-state index contributed by atoms with van der Waals surface area (Å²) in [5.41, 5.74) is 1.58. The fraction of sp³-hybridized carbons (Fsp3) is 0.231. The summed E-state index contributed by atoms with van der Waals surface area (Å²) in [6.45, 7) is 1.53. The molecule has 2 heterocycles. The summed E-state index contributed by atoms with van der Waals surface area (Å²) >= 11 is 0. The molecule has 4 rings (SSSR count). The van der Waals surface area contributed by atoms with Gasteiger partial charge in [-0.05, 0) is 67.4 Å². The second-order valence-electron chi connectivity index (χ2n) is 8.21. The van der Waals surface area contributed by atoms with Crippen molar-refractivity contribution >= 4 is 46.2 Å². The maximum atomic E-state index is 13.8. The minimum atomic E-state index is -4.21. The monoisotopic (exact) mass is 529 g/mol. The van der Waals surface area contributed by atoms with Crippen LogP contribution in [0.25, 0.3) is 12.2 Å². The second-order valence-corrected chi connectivity index (χ2v) is 9.99. The number of halogens is 1. The van der Waals surface area contributed by atoms with E-state index in [0.717, 1.165) is 35.8 Å². The van der Waals surface area contributed by atoms with Gasteiger partial charge in [-0.2, -0.15) is 4.73 Å². The fourth-order valence-electron chi connectivity index (χ4n) is 3.98. The molecule has 1 amide bonds. The molecule has 0 spiro atoms. The zero-order chi connectivity index (χ0) is 24.8. The van der Waals surface area contributed by atoms with Crippen LogP contribution in [0, 0.1) is 5.21 Å².